The lowest BCUT2D eigenvalue weighted by molar-refractivity contribution is -0.0907. The molecule has 0 saturated carbocycles. The van der Waals surface area contributed by atoms with E-state index in [9.17, 15) is 26.7 Å². The van der Waals surface area contributed by atoms with Crippen molar-refractivity contribution in [2.75, 3.05) is 59.1 Å². The van der Waals surface area contributed by atoms with Gasteiger partial charge in [0.2, 0.25) is 26.8 Å². The maximum Gasteiger partial charge on any atom is 0.407 e. The maximum atomic E-state index is 14.3. The van der Waals surface area contributed by atoms with Gasteiger partial charge in [0.25, 0.3) is 0 Å². The molecule has 0 unspecified atom stereocenters. The Bertz CT molecular complexity index is 1660. The summed E-state index contributed by atoms with van der Waals surface area (Å²) in [5, 5.41) is 14.5. The molecule has 15 nitrogen and oxygen atoms in total. The zero-order chi connectivity index (χ0) is 35.9. The number of aliphatic hydroxyl groups is 1. The Morgan fingerprint density at radius 3 is 2.60 bits per heavy atom. The van der Waals surface area contributed by atoms with Crippen molar-refractivity contribution in [2.45, 2.75) is 62.5 Å². The largest absolute Gasteiger partial charge is 0.454 e. The Balaban J connectivity index is 1.36. The molecule has 2 aromatic carbocycles. The first kappa shape index (κ1) is 38.2. The maximum absolute atomic E-state index is 14.3. The molecule has 278 valence electrons. The molecule has 5 rings (SSSR count). The number of amides is 1. The van der Waals surface area contributed by atoms with Crippen LogP contribution in [0.1, 0.15) is 32.3 Å². The van der Waals surface area contributed by atoms with Crippen molar-refractivity contribution in [3.05, 3.63) is 54.1 Å². The molecular weight excluding hydrogens is 695 g/mol. The Morgan fingerprint density at radius 2 is 1.84 bits per heavy atom. The number of ether oxygens (including phenoxy) is 6. The first-order chi connectivity index (χ1) is 23.8. The van der Waals surface area contributed by atoms with Crippen molar-refractivity contribution in [1.29, 1.82) is 0 Å². The van der Waals surface area contributed by atoms with Gasteiger partial charge in [-0.25, -0.2) is 26.4 Å². The second kappa shape index (κ2) is 16.5. The number of fused-ring (bicyclic) bond motifs is 2. The van der Waals surface area contributed by atoms with Crippen molar-refractivity contribution < 1.29 is 55.2 Å². The van der Waals surface area contributed by atoms with E-state index < -0.39 is 62.6 Å². The smallest absolute Gasteiger partial charge is 0.407 e. The SMILES string of the molecule is COCCS(=O)(=O)NCCC(C)(C)CN(C[C@@H](O)[C@H](Cc1ccccc1)NC(=O)O[C@H]1CO[C@H]2OCC[C@H]21)S(=O)(=O)c1ccc2c(c1)OCO2. The number of carbonyl (C=O) groups excluding carboxylic acids is 1. The number of hydrogen-bond acceptors (Lipinski definition) is 12. The van der Waals surface area contributed by atoms with Gasteiger partial charge in [-0.15, -0.1) is 0 Å². The highest BCUT2D eigenvalue weighted by Crippen LogP contribution is 2.36. The van der Waals surface area contributed by atoms with Crippen molar-refractivity contribution in [2.24, 2.45) is 11.3 Å². The Morgan fingerprint density at radius 1 is 1.08 bits per heavy atom. The number of nitrogens with one attached hydrogen (secondary N) is 2. The summed E-state index contributed by atoms with van der Waals surface area (Å²) >= 11 is 0. The topological polar surface area (TPSA) is 188 Å². The molecule has 2 aromatic rings. The first-order valence-corrected chi connectivity index (χ1v) is 19.6. The highest BCUT2D eigenvalue weighted by Gasteiger charge is 2.44. The lowest BCUT2D eigenvalue weighted by Gasteiger charge is -2.35. The molecule has 3 aliphatic rings. The number of methoxy groups -OCH3 is 1. The third-order valence-electron chi connectivity index (χ3n) is 8.97. The molecule has 0 radical (unpaired) electrons. The molecule has 3 aliphatic heterocycles. The average molecular weight is 742 g/mol. The second-order valence-electron chi connectivity index (χ2n) is 13.4. The van der Waals surface area contributed by atoms with Gasteiger partial charge in [-0.3, -0.25) is 0 Å². The van der Waals surface area contributed by atoms with Crippen LogP contribution in [0.3, 0.4) is 0 Å². The fraction of sp³-hybridized carbons (Fsp3) is 0.606. The summed E-state index contributed by atoms with van der Waals surface area (Å²) in [6, 6.07) is 12.5. The molecule has 1 amide bonds. The van der Waals surface area contributed by atoms with Crippen molar-refractivity contribution in [1.82, 2.24) is 14.3 Å². The van der Waals surface area contributed by atoms with Gasteiger partial charge in [0.15, 0.2) is 17.8 Å². The van der Waals surface area contributed by atoms with Crippen LogP contribution in [0, 0.1) is 11.3 Å². The molecule has 2 fully saturated rings. The average Bonchev–Trinajstić information content (AvgIpc) is 3.82. The van der Waals surface area contributed by atoms with Crippen LogP contribution in [0.4, 0.5) is 4.79 Å². The van der Waals surface area contributed by atoms with Crippen LogP contribution in [0.2, 0.25) is 0 Å². The van der Waals surface area contributed by atoms with Gasteiger partial charge in [-0.05, 0) is 42.4 Å². The quantitative estimate of drug-likeness (QED) is 0.202. The number of carbonyl (C=O) groups is 1. The van der Waals surface area contributed by atoms with Gasteiger partial charge in [-0.2, -0.15) is 4.31 Å². The van der Waals surface area contributed by atoms with Crippen LogP contribution in [0.5, 0.6) is 11.5 Å². The van der Waals surface area contributed by atoms with Gasteiger partial charge in [-0.1, -0.05) is 44.2 Å². The number of hydrogen-bond donors (Lipinski definition) is 3. The van der Waals surface area contributed by atoms with E-state index in [2.05, 4.69) is 10.0 Å². The monoisotopic (exact) mass is 741 g/mol. The standard InChI is InChI=1S/C33H47N3O12S2/c1-33(2,12-13-34-49(39,40)16-15-43-3)21-36(50(41,42)24-9-10-28-29(18-24)47-22-46-28)19-27(37)26(17-23-7-5-4-6-8-23)35-32(38)48-30-20-45-31-25(30)11-14-44-31/h4-10,18,25-27,30-31,34,37H,11-17,19-22H2,1-3H3,(H,35,38)/t25-,26-,27+,30-,31+/m0/s1. The van der Waals surface area contributed by atoms with E-state index in [1.54, 1.807) is 0 Å². The molecule has 17 heteroatoms. The second-order valence-corrected chi connectivity index (χ2v) is 17.3. The summed E-state index contributed by atoms with van der Waals surface area (Å²) in [4.78, 5) is 13.2. The number of rotatable bonds is 18. The van der Waals surface area contributed by atoms with Crippen LogP contribution < -0.4 is 19.5 Å². The van der Waals surface area contributed by atoms with E-state index >= 15 is 0 Å². The molecule has 0 spiro atoms. The van der Waals surface area contributed by atoms with E-state index in [1.807, 2.05) is 44.2 Å². The molecule has 2 saturated heterocycles. The molecule has 3 heterocycles. The highest BCUT2D eigenvalue weighted by molar-refractivity contribution is 7.89. The minimum absolute atomic E-state index is 0.0356. The van der Waals surface area contributed by atoms with Gasteiger partial charge < -0.3 is 38.8 Å². The lowest BCUT2D eigenvalue weighted by Crippen LogP contribution is -2.52. The predicted molar refractivity (Wildman–Crippen MR) is 181 cm³/mol. The Hall–Kier alpha value is -3.03. The number of sulfonamides is 2. The summed E-state index contributed by atoms with van der Waals surface area (Å²) < 4.78 is 89.5. The first-order valence-electron chi connectivity index (χ1n) is 16.5. The van der Waals surface area contributed by atoms with Crippen LogP contribution in [0.25, 0.3) is 0 Å². The summed E-state index contributed by atoms with van der Waals surface area (Å²) in [6.07, 6.45) is -1.96. The van der Waals surface area contributed by atoms with Crippen LogP contribution in [-0.4, -0.2) is 116 Å². The van der Waals surface area contributed by atoms with Crippen molar-refractivity contribution in [3.63, 3.8) is 0 Å². The van der Waals surface area contributed by atoms with Crippen LogP contribution in [-0.2, 0) is 45.4 Å². The summed E-state index contributed by atoms with van der Waals surface area (Å²) in [6.45, 7) is 3.88. The van der Waals surface area contributed by atoms with E-state index in [0.717, 1.165) is 9.87 Å². The summed E-state index contributed by atoms with van der Waals surface area (Å²) in [5.74, 6) is 0.382. The van der Waals surface area contributed by atoms with Crippen LogP contribution in [0.15, 0.2) is 53.4 Å². The van der Waals surface area contributed by atoms with Crippen molar-refractivity contribution in [3.8, 4) is 11.5 Å². The molecular formula is C33H47N3O12S2. The molecule has 0 aromatic heterocycles. The summed E-state index contributed by atoms with van der Waals surface area (Å²) in [7, 11) is -6.46. The van der Waals surface area contributed by atoms with Gasteiger partial charge in [0.1, 0.15) is 6.10 Å². The summed E-state index contributed by atoms with van der Waals surface area (Å²) in [5.41, 5.74) is 0.0351. The van der Waals surface area contributed by atoms with E-state index in [0.29, 0.717) is 18.8 Å². The molecule has 3 N–H and O–H groups in total. The van der Waals surface area contributed by atoms with Gasteiger partial charge in [0.05, 0.1) is 48.5 Å². The fourth-order valence-corrected chi connectivity index (χ4v) is 8.76. The van der Waals surface area contributed by atoms with E-state index in [-0.39, 0.29) is 68.3 Å². The highest BCUT2D eigenvalue weighted by atomic mass is 32.2. The molecule has 0 bridgehead atoms. The molecule has 50 heavy (non-hydrogen) atoms. The third-order valence-corrected chi connectivity index (χ3v) is 12.1. The van der Waals surface area contributed by atoms with Crippen LogP contribution >= 0.6 is 0 Å². The molecule has 5 atom stereocenters. The number of alkyl carbamates (subject to hydrolysis) is 1. The Labute approximate surface area is 293 Å². The number of benzene rings is 2. The predicted octanol–water partition coefficient (Wildman–Crippen LogP) is 1.85. The minimum atomic E-state index is -4.27. The fourth-order valence-electron chi connectivity index (χ4n) is 6.16. The van der Waals surface area contributed by atoms with E-state index in [1.165, 1.54) is 25.3 Å². The minimum Gasteiger partial charge on any atom is -0.454 e. The zero-order valence-electron chi connectivity index (χ0n) is 28.5. The van der Waals surface area contributed by atoms with Crippen molar-refractivity contribution >= 4 is 26.1 Å². The lowest BCUT2D eigenvalue weighted by atomic mass is 9.89. The molecule has 0 aliphatic carbocycles. The van der Waals surface area contributed by atoms with Gasteiger partial charge in [0, 0.05) is 32.8 Å². The van der Waals surface area contributed by atoms with Gasteiger partial charge >= 0.3 is 6.09 Å². The Kier molecular flexibility index (Phi) is 12.6. The normalized spacial score (nSPS) is 21.6. The number of aliphatic hydroxyl groups excluding tert-OH is 1. The van der Waals surface area contributed by atoms with E-state index in [4.69, 9.17) is 28.4 Å². The zero-order valence-corrected chi connectivity index (χ0v) is 30.1. The third kappa shape index (κ3) is 10.1. The number of nitrogens with zero attached hydrogens (tertiary/aromatic N) is 1.